The van der Waals surface area contributed by atoms with Crippen molar-refractivity contribution in [1.82, 2.24) is 19.0 Å². The minimum Gasteiger partial charge on any atom is -0.497 e. The fourth-order valence-corrected chi connectivity index (χ4v) is 4.29. The number of methoxy groups -OCH3 is 1. The smallest absolute Gasteiger partial charge is 0.246 e. The fourth-order valence-electron chi connectivity index (χ4n) is 2.92. The summed E-state index contributed by atoms with van der Waals surface area (Å²) in [5.74, 6) is 0.840. The topological polar surface area (TPSA) is 67.7 Å². The normalized spacial score (nSPS) is 16.9. The molecule has 136 valence electrons. The lowest BCUT2D eigenvalue weighted by atomic mass is 10.2. The number of hydrogen-bond acceptors (Lipinski definition) is 5. The van der Waals surface area contributed by atoms with Crippen LogP contribution in [0.25, 0.3) is 0 Å². The van der Waals surface area contributed by atoms with Crippen LogP contribution in [0, 0.1) is 0 Å². The van der Waals surface area contributed by atoms with Crippen LogP contribution in [-0.2, 0) is 23.1 Å². The van der Waals surface area contributed by atoms with Crippen LogP contribution in [0.3, 0.4) is 0 Å². The van der Waals surface area contributed by atoms with Crippen LogP contribution in [0.15, 0.2) is 41.6 Å². The van der Waals surface area contributed by atoms with Crippen LogP contribution in [0.5, 0.6) is 5.75 Å². The quantitative estimate of drug-likeness (QED) is 0.775. The number of benzene rings is 1. The van der Waals surface area contributed by atoms with E-state index in [0.29, 0.717) is 32.7 Å². The van der Waals surface area contributed by atoms with Gasteiger partial charge in [0.05, 0.1) is 13.3 Å². The first-order valence-corrected chi connectivity index (χ1v) is 9.85. The zero-order chi connectivity index (χ0) is 17.9. The maximum Gasteiger partial charge on any atom is 0.246 e. The summed E-state index contributed by atoms with van der Waals surface area (Å²) in [5.41, 5.74) is 1.20. The van der Waals surface area contributed by atoms with E-state index < -0.39 is 10.0 Å². The van der Waals surface area contributed by atoms with Crippen molar-refractivity contribution >= 4 is 10.0 Å². The van der Waals surface area contributed by atoms with E-state index in [2.05, 4.69) is 10.00 Å². The number of nitrogens with zero attached hydrogens (tertiary/aromatic N) is 4. The van der Waals surface area contributed by atoms with Gasteiger partial charge in [0.1, 0.15) is 10.6 Å². The second-order valence-corrected chi connectivity index (χ2v) is 8.00. The lowest BCUT2D eigenvalue weighted by Gasteiger charge is -2.33. The molecule has 1 fully saturated rings. The fraction of sp³-hybridized carbons (Fsp3) is 0.471. The zero-order valence-corrected chi connectivity index (χ0v) is 15.4. The number of aryl methyl sites for hydroxylation is 1. The van der Waals surface area contributed by atoms with E-state index in [1.165, 1.54) is 11.8 Å². The summed E-state index contributed by atoms with van der Waals surface area (Å²) in [5, 5.41) is 4.07. The Labute approximate surface area is 148 Å². The first-order valence-electron chi connectivity index (χ1n) is 8.41. The first kappa shape index (κ1) is 17.9. The highest BCUT2D eigenvalue weighted by Crippen LogP contribution is 2.19. The van der Waals surface area contributed by atoms with Gasteiger partial charge in [0.2, 0.25) is 10.0 Å². The van der Waals surface area contributed by atoms with E-state index in [-0.39, 0.29) is 4.90 Å². The van der Waals surface area contributed by atoms with Crippen molar-refractivity contribution in [3.8, 4) is 5.75 Å². The summed E-state index contributed by atoms with van der Waals surface area (Å²) >= 11 is 0. The van der Waals surface area contributed by atoms with Gasteiger partial charge in [-0.25, -0.2) is 8.42 Å². The molecule has 7 nitrogen and oxygen atoms in total. The minimum absolute atomic E-state index is 0.276. The van der Waals surface area contributed by atoms with Gasteiger partial charge in [0.15, 0.2) is 0 Å². The van der Waals surface area contributed by atoms with Crippen LogP contribution < -0.4 is 4.74 Å². The zero-order valence-electron chi connectivity index (χ0n) is 14.6. The number of sulfonamides is 1. The van der Waals surface area contributed by atoms with Gasteiger partial charge in [-0.3, -0.25) is 9.58 Å². The van der Waals surface area contributed by atoms with Crippen LogP contribution >= 0.6 is 0 Å². The molecule has 25 heavy (non-hydrogen) atoms. The number of rotatable bonds is 6. The maximum atomic E-state index is 12.7. The Morgan fingerprint density at radius 1 is 1.12 bits per heavy atom. The van der Waals surface area contributed by atoms with Crippen molar-refractivity contribution < 1.29 is 13.2 Å². The van der Waals surface area contributed by atoms with E-state index in [9.17, 15) is 8.42 Å². The van der Waals surface area contributed by atoms with E-state index in [4.69, 9.17) is 4.74 Å². The third-order valence-electron chi connectivity index (χ3n) is 4.47. The molecule has 0 amide bonds. The highest BCUT2D eigenvalue weighted by molar-refractivity contribution is 7.89. The van der Waals surface area contributed by atoms with E-state index in [0.717, 1.165) is 12.3 Å². The highest BCUT2D eigenvalue weighted by Gasteiger charge is 2.29. The average Bonchev–Trinajstić information content (AvgIpc) is 3.13. The van der Waals surface area contributed by atoms with Crippen LogP contribution in [-0.4, -0.2) is 60.7 Å². The summed E-state index contributed by atoms with van der Waals surface area (Å²) in [6.45, 7) is 5.82. The molecule has 1 aromatic carbocycles. The molecule has 0 aliphatic carbocycles. The summed E-state index contributed by atoms with van der Waals surface area (Å²) in [7, 11) is -1.80. The van der Waals surface area contributed by atoms with E-state index in [1.807, 2.05) is 31.2 Å². The average molecular weight is 364 g/mol. The van der Waals surface area contributed by atoms with Crippen molar-refractivity contribution in [3.05, 3.63) is 42.2 Å². The molecular weight excluding hydrogens is 340 g/mol. The molecular formula is C17H24N4O3S. The molecule has 2 heterocycles. The van der Waals surface area contributed by atoms with Gasteiger partial charge in [0, 0.05) is 45.5 Å². The number of piperazine rings is 1. The third kappa shape index (κ3) is 4.02. The van der Waals surface area contributed by atoms with Gasteiger partial charge in [-0.15, -0.1) is 0 Å². The number of aromatic nitrogens is 2. The molecule has 1 aromatic heterocycles. The Kier molecular flexibility index (Phi) is 5.41. The lowest BCUT2D eigenvalue weighted by Crippen LogP contribution is -2.48. The number of hydrogen-bond donors (Lipinski definition) is 0. The molecule has 0 bridgehead atoms. The maximum absolute atomic E-state index is 12.7. The van der Waals surface area contributed by atoms with Crippen LogP contribution in [0.1, 0.15) is 12.5 Å². The highest BCUT2D eigenvalue weighted by atomic mass is 32.2. The summed E-state index contributed by atoms with van der Waals surface area (Å²) < 4.78 is 33.7. The van der Waals surface area contributed by atoms with Crippen molar-refractivity contribution in [1.29, 1.82) is 0 Å². The van der Waals surface area contributed by atoms with Crippen LogP contribution in [0.2, 0.25) is 0 Å². The van der Waals surface area contributed by atoms with Gasteiger partial charge in [-0.2, -0.15) is 9.40 Å². The molecule has 0 N–H and O–H groups in total. The Morgan fingerprint density at radius 3 is 2.36 bits per heavy atom. The van der Waals surface area contributed by atoms with Gasteiger partial charge >= 0.3 is 0 Å². The Bertz CT molecular complexity index is 794. The molecule has 0 spiro atoms. The molecule has 1 saturated heterocycles. The largest absolute Gasteiger partial charge is 0.497 e. The Morgan fingerprint density at radius 2 is 1.80 bits per heavy atom. The van der Waals surface area contributed by atoms with Gasteiger partial charge in [-0.1, -0.05) is 12.1 Å². The van der Waals surface area contributed by atoms with Gasteiger partial charge in [0.25, 0.3) is 0 Å². The molecule has 1 aliphatic rings. The standard InChI is InChI=1S/C17H24N4O3S/c1-3-20-14-17(12-18-20)25(22,23)21-10-8-19(9-11-21)13-15-4-6-16(24-2)7-5-15/h4-7,12,14H,3,8-11,13H2,1-2H3. The monoisotopic (exact) mass is 364 g/mol. The molecule has 0 radical (unpaired) electrons. The predicted octanol–water partition coefficient (Wildman–Crippen LogP) is 1.42. The molecule has 8 heteroatoms. The predicted molar refractivity (Wildman–Crippen MR) is 94.9 cm³/mol. The van der Waals surface area contributed by atoms with E-state index >= 15 is 0 Å². The van der Waals surface area contributed by atoms with Crippen molar-refractivity contribution in [2.45, 2.75) is 24.9 Å². The van der Waals surface area contributed by atoms with Crippen LogP contribution in [0.4, 0.5) is 0 Å². The molecule has 3 rings (SSSR count). The SMILES string of the molecule is CCn1cc(S(=O)(=O)N2CCN(Cc3ccc(OC)cc3)CC2)cn1. The third-order valence-corrected chi connectivity index (χ3v) is 6.32. The second-order valence-electron chi connectivity index (χ2n) is 6.06. The Balaban J connectivity index is 1.59. The van der Waals surface area contributed by atoms with Gasteiger partial charge in [-0.05, 0) is 24.6 Å². The van der Waals surface area contributed by atoms with E-state index in [1.54, 1.807) is 22.3 Å². The summed E-state index contributed by atoms with van der Waals surface area (Å²) in [6.07, 6.45) is 3.03. The van der Waals surface area contributed by atoms with Crippen molar-refractivity contribution in [3.63, 3.8) is 0 Å². The summed E-state index contributed by atoms with van der Waals surface area (Å²) in [4.78, 5) is 2.54. The van der Waals surface area contributed by atoms with Crippen molar-refractivity contribution in [2.24, 2.45) is 0 Å². The molecule has 2 aromatic rings. The molecule has 0 unspecified atom stereocenters. The Hall–Kier alpha value is -1.90. The second kappa shape index (κ2) is 7.55. The number of ether oxygens (including phenoxy) is 1. The summed E-state index contributed by atoms with van der Waals surface area (Å²) in [6, 6.07) is 7.98. The molecule has 0 saturated carbocycles. The lowest BCUT2D eigenvalue weighted by molar-refractivity contribution is 0.181. The van der Waals surface area contributed by atoms with Crippen molar-refractivity contribution in [2.75, 3.05) is 33.3 Å². The minimum atomic E-state index is -3.45. The van der Waals surface area contributed by atoms with Gasteiger partial charge < -0.3 is 4.74 Å². The molecule has 0 atom stereocenters. The molecule has 1 aliphatic heterocycles. The first-order chi connectivity index (χ1) is 12.0.